The van der Waals surface area contributed by atoms with Crippen molar-refractivity contribution in [1.82, 2.24) is 25.4 Å². The average molecular weight is 195 g/mol. The summed E-state index contributed by atoms with van der Waals surface area (Å²) < 4.78 is 1.61. The first kappa shape index (κ1) is 8.98. The second-order valence-corrected chi connectivity index (χ2v) is 3.44. The van der Waals surface area contributed by atoms with Gasteiger partial charge >= 0.3 is 6.03 Å². The van der Waals surface area contributed by atoms with Gasteiger partial charge in [-0.3, -0.25) is 4.68 Å². The SMILES string of the molecule is Cn1cnc(CNC(=O)NC2CC2)n1. The molecule has 0 radical (unpaired) electrons. The zero-order valence-electron chi connectivity index (χ0n) is 8.03. The third kappa shape index (κ3) is 2.45. The van der Waals surface area contributed by atoms with E-state index in [1.807, 2.05) is 0 Å². The van der Waals surface area contributed by atoms with E-state index in [4.69, 9.17) is 0 Å². The third-order valence-electron chi connectivity index (χ3n) is 1.97. The Kier molecular flexibility index (Phi) is 2.34. The highest BCUT2D eigenvalue weighted by molar-refractivity contribution is 5.74. The minimum absolute atomic E-state index is 0.139. The van der Waals surface area contributed by atoms with Crippen molar-refractivity contribution in [1.29, 1.82) is 0 Å². The van der Waals surface area contributed by atoms with E-state index in [1.54, 1.807) is 18.1 Å². The molecule has 0 spiro atoms. The minimum atomic E-state index is -0.139. The van der Waals surface area contributed by atoms with Crippen molar-refractivity contribution < 1.29 is 4.79 Å². The standard InChI is InChI=1S/C8H13N5O/c1-13-5-10-7(12-13)4-9-8(14)11-6-2-3-6/h5-6H,2-4H2,1H3,(H2,9,11,14). The molecule has 0 aliphatic heterocycles. The van der Waals surface area contributed by atoms with Crippen LogP contribution >= 0.6 is 0 Å². The molecule has 0 aromatic carbocycles. The van der Waals surface area contributed by atoms with Gasteiger partial charge < -0.3 is 10.6 Å². The van der Waals surface area contributed by atoms with E-state index in [9.17, 15) is 4.79 Å². The first-order valence-electron chi connectivity index (χ1n) is 4.63. The Balaban J connectivity index is 1.73. The summed E-state index contributed by atoms with van der Waals surface area (Å²) >= 11 is 0. The number of nitrogens with one attached hydrogen (secondary N) is 2. The van der Waals surface area contributed by atoms with Crippen molar-refractivity contribution in [2.45, 2.75) is 25.4 Å². The van der Waals surface area contributed by atoms with Gasteiger partial charge in [-0.05, 0) is 12.8 Å². The molecule has 0 bridgehead atoms. The molecule has 2 rings (SSSR count). The van der Waals surface area contributed by atoms with Crippen molar-refractivity contribution in [3.8, 4) is 0 Å². The van der Waals surface area contributed by atoms with E-state index in [0.29, 0.717) is 18.4 Å². The zero-order chi connectivity index (χ0) is 9.97. The molecule has 1 saturated carbocycles. The summed E-state index contributed by atoms with van der Waals surface area (Å²) in [7, 11) is 1.79. The normalized spacial score (nSPS) is 15.2. The van der Waals surface area contributed by atoms with E-state index in [2.05, 4.69) is 20.7 Å². The molecule has 1 aromatic rings. The molecule has 14 heavy (non-hydrogen) atoms. The number of aryl methyl sites for hydroxylation is 1. The first-order valence-corrected chi connectivity index (χ1v) is 4.63. The van der Waals surface area contributed by atoms with E-state index >= 15 is 0 Å². The maximum Gasteiger partial charge on any atom is 0.315 e. The Hall–Kier alpha value is -1.59. The molecule has 2 N–H and O–H groups in total. The number of nitrogens with zero attached hydrogens (tertiary/aromatic N) is 3. The number of hydrogen-bond acceptors (Lipinski definition) is 3. The molecule has 1 heterocycles. The first-order chi connectivity index (χ1) is 6.74. The molecule has 6 nitrogen and oxygen atoms in total. The number of carbonyl (C=O) groups excluding carboxylic acids is 1. The van der Waals surface area contributed by atoms with Crippen molar-refractivity contribution in [2.75, 3.05) is 0 Å². The van der Waals surface area contributed by atoms with Gasteiger partial charge in [0, 0.05) is 13.1 Å². The van der Waals surface area contributed by atoms with Crippen LogP contribution < -0.4 is 10.6 Å². The van der Waals surface area contributed by atoms with Crippen molar-refractivity contribution in [2.24, 2.45) is 7.05 Å². The highest BCUT2D eigenvalue weighted by Crippen LogP contribution is 2.18. The predicted octanol–water partition coefficient (Wildman–Crippen LogP) is -0.223. The zero-order valence-corrected chi connectivity index (χ0v) is 8.03. The Bertz CT molecular complexity index is 330. The van der Waals surface area contributed by atoms with Crippen LogP contribution in [0.4, 0.5) is 4.79 Å². The second-order valence-electron chi connectivity index (χ2n) is 3.44. The summed E-state index contributed by atoms with van der Waals surface area (Å²) in [6, 6.07) is 0.242. The van der Waals surface area contributed by atoms with Crippen LogP contribution in [0.1, 0.15) is 18.7 Å². The van der Waals surface area contributed by atoms with Crippen LogP contribution in [-0.4, -0.2) is 26.8 Å². The predicted molar refractivity (Wildman–Crippen MR) is 49.4 cm³/mol. The fourth-order valence-electron chi connectivity index (χ4n) is 1.09. The number of hydrogen-bond donors (Lipinski definition) is 2. The van der Waals surface area contributed by atoms with E-state index in [1.165, 1.54) is 0 Å². The van der Waals surface area contributed by atoms with Crippen LogP contribution in [-0.2, 0) is 13.6 Å². The lowest BCUT2D eigenvalue weighted by Gasteiger charge is -2.03. The minimum Gasteiger partial charge on any atom is -0.335 e. The van der Waals surface area contributed by atoms with Gasteiger partial charge in [-0.1, -0.05) is 0 Å². The van der Waals surface area contributed by atoms with Crippen LogP contribution in [0.3, 0.4) is 0 Å². The highest BCUT2D eigenvalue weighted by Gasteiger charge is 2.22. The van der Waals surface area contributed by atoms with Crippen molar-refractivity contribution in [3.63, 3.8) is 0 Å². The van der Waals surface area contributed by atoms with E-state index in [0.717, 1.165) is 12.8 Å². The van der Waals surface area contributed by atoms with Gasteiger partial charge in [0.05, 0.1) is 6.54 Å². The summed E-state index contributed by atoms with van der Waals surface area (Å²) in [4.78, 5) is 15.2. The Morgan fingerprint density at radius 1 is 1.71 bits per heavy atom. The number of amides is 2. The maximum atomic E-state index is 11.2. The van der Waals surface area contributed by atoms with Crippen LogP contribution in [0.2, 0.25) is 0 Å². The van der Waals surface area contributed by atoms with Gasteiger partial charge in [0.1, 0.15) is 6.33 Å². The van der Waals surface area contributed by atoms with Gasteiger partial charge in [-0.15, -0.1) is 0 Å². The second kappa shape index (κ2) is 3.65. The molecular formula is C8H13N5O. The number of aromatic nitrogens is 3. The fraction of sp³-hybridized carbons (Fsp3) is 0.625. The molecule has 0 saturated heterocycles. The largest absolute Gasteiger partial charge is 0.335 e. The Labute approximate surface area is 81.7 Å². The number of rotatable bonds is 3. The lowest BCUT2D eigenvalue weighted by atomic mass is 10.6. The van der Waals surface area contributed by atoms with Crippen molar-refractivity contribution >= 4 is 6.03 Å². The fourth-order valence-corrected chi connectivity index (χ4v) is 1.09. The molecule has 0 unspecified atom stereocenters. The number of urea groups is 1. The van der Waals surface area contributed by atoms with Crippen molar-refractivity contribution in [3.05, 3.63) is 12.2 Å². The van der Waals surface area contributed by atoms with Gasteiger partial charge in [0.15, 0.2) is 5.82 Å². The molecular weight excluding hydrogens is 182 g/mol. The van der Waals surface area contributed by atoms with Crippen LogP contribution in [0, 0.1) is 0 Å². The maximum absolute atomic E-state index is 11.2. The topological polar surface area (TPSA) is 71.8 Å². The molecule has 76 valence electrons. The van der Waals surface area contributed by atoms with Gasteiger partial charge in [0.25, 0.3) is 0 Å². The molecule has 1 fully saturated rings. The average Bonchev–Trinajstić information content (AvgIpc) is 2.85. The summed E-state index contributed by atoms with van der Waals surface area (Å²) in [5.74, 6) is 0.624. The molecule has 1 aliphatic rings. The Morgan fingerprint density at radius 2 is 2.50 bits per heavy atom. The quantitative estimate of drug-likeness (QED) is 0.700. The lowest BCUT2D eigenvalue weighted by Crippen LogP contribution is -2.36. The molecule has 0 atom stereocenters. The van der Waals surface area contributed by atoms with Gasteiger partial charge in [-0.25, -0.2) is 9.78 Å². The van der Waals surface area contributed by atoms with Crippen LogP contribution in [0.15, 0.2) is 6.33 Å². The molecule has 2 amide bonds. The monoisotopic (exact) mass is 195 g/mol. The molecule has 6 heteroatoms. The molecule has 1 aromatic heterocycles. The summed E-state index contributed by atoms with van der Waals surface area (Å²) in [5, 5.41) is 9.55. The summed E-state index contributed by atoms with van der Waals surface area (Å²) in [6.45, 7) is 0.374. The van der Waals surface area contributed by atoms with Crippen LogP contribution in [0.25, 0.3) is 0 Å². The molecule has 1 aliphatic carbocycles. The smallest absolute Gasteiger partial charge is 0.315 e. The summed E-state index contributed by atoms with van der Waals surface area (Å²) in [5.41, 5.74) is 0. The van der Waals surface area contributed by atoms with Gasteiger partial charge in [0.2, 0.25) is 0 Å². The van der Waals surface area contributed by atoms with E-state index in [-0.39, 0.29) is 6.03 Å². The third-order valence-corrected chi connectivity index (χ3v) is 1.97. The van der Waals surface area contributed by atoms with Gasteiger partial charge in [-0.2, -0.15) is 5.10 Å². The lowest BCUT2D eigenvalue weighted by molar-refractivity contribution is 0.240. The number of carbonyl (C=O) groups is 1. The summed E-state index contributed by atoms with van der Waals surface area (Å²) in [6.07, 6.45) is 3.79. The van der Waals surface area contributed by atoms with E-state index < -0.39 is 0 Å². The van der Waals surface area contributed by atoms with Crippen LogP contribution in [0.5, 0.6) is 0 Å². The highest BCUT2D eigenvalue weighted by atomic mass is 16.2. The Morgan fingerprint density at radius 3 is 3.07 bits per heavy atom.